The van der Waals surface area contributed by atoms with Crippen molar-refractivity contribution >= 4 is 23.3 Å². The van der Waals surface area contributed by atoms with E-state index in [9.17, 15) is 9.59 Å². The van der Waals surface area contributed by atoms with Gasteiger partial charge in [0.2, 0.25) is 5.95 Å². The Morgan fingerprint density at radius 1 is 1.19 bits per heavy atom. The van der Waals surface area contributed by atoms with Gasteiger partial charge in [0.1, 0.15) is 5.75 Å². The first-order chi connectivity index (χ1) is 15.5. The summed E-state index contributed by atoms with van der Waals surface area (Å²) in [6, 6.07) is 15.5. The van der Waals surface area contributed by atoms with E-state index in [-0.39, 0.29) is 5.65 Å². The van der Waals surface area contributed by atoms with Gasteiger partial charge in [0.15, 0.2) is 11.2 Å². The van der Waals surface area contributed by atoms with Crippen LogP contribution >= 0.6 is 0 Å². The van der Waals surface area contributed by atoms with Crippen molar-refractivity contribution in [3.63, 3.8) is 0 Å². The van der Waals surface area contributed by atoms with Crippen LogP contribution in [0.2, 0.25) is 0 Å². The molecule has 2 aromatic carbocycles. The van der Waals surface area contributed by atoms with Gasteiger partial charge in [-0.1, -0.05) is 29.8 Å². The highest BCUT2D eigenvalue weighted by atomic mass is 16.5. The van der Waals surface area contributed by atoms with Crippen molar-refractivity contribution in [2.45, 2.75) is 20.4 Å². The Bertz CT molecular complexity index is 1400. The van der Waals surface area contributed by atoms with Crippen LogP contribution in [0.3, 0.4) is 0 Å². The van der Waals surface area contributed by atoms with Crippen LogP contribution < -0.4 is 21.4 Å². The molecule has 9 heteroatoms. The van der Waals surface area contributed by atoms with Gasteiger partial charge in [-0.15, -0.1) is 0 Å². The van der Waals surface area contributed by atoms with Gasteiger partial charge in [0.25, 0.3) is 5.56 Å². The molecule has 0 bridgehead atoms. The number of hydrogen-bond acceptors (Lipinski definition) is 6. The maximum Gasteiger partial charge on any atom is 0.329 e. The topological polar surface area (TPSA) is 106 Å². The lowest BCUT2D eigenvalue weighted by atomic mass is 10.1. The number of fused-ring (bicyclic) bond motifs is 1. The minimum absolute atomic E-state index is 0.283. The largest absolute Gasteiger partial charge is 0.494 e. The molecule has 0 atom stereocenters. The van der Waals surface area contributed by atoms with Crippen molar-refractivity contribution < 1.29 is 4.74 Å². The number of benzene rings is 2. The Morgan fingerprint density at radius 2 is 1.97 bits per heavy atom. The Kier molecular flexibility index (Phi) is 5.89. The SMILES string of the molecule is CCOc1ccc(C=NNc2nc3c(c(=O)[nH]c(=O)n3C)n2Cc2cccc(C)c2)cc1. The third-order valence-electron chi connectivity index (χ3n) is 5.00. The summed E-state index contributed by atoms with van der Waals surface area (Å²) in [7, 11) is 1.57. The molecule has 2 aromatic heterocycles. The summed E-state index contributed by atoms with van der Waals surface area (Å²) in [5.74, 6) is 1.15. The number of imidazole rings is 1. The second-order valence-electron chi connectivity index (χ2n) is 7.37. The van der Waals surface area contributed by atoms with E-state index in [1.807, 2.05) is 62.4 Å². The first-order valence-corrected chi connectivity index (χ1v) is 10.2. The van der Waals surface area contributed by atoms with Gasteiger partial charge in [-0.25, -0.2) is 10.2 Å². The molecule has 4 rings (SSSR count). The predicted molar refractivity (Wildman–Crippen MR) is 125 cm³/mol. The second-order valence-corrected chi connectivity index (χ2v) is 7.37. The number of H-pyrrole nitrogens is 1. The summed E-state index contributed by atoms with van der Waals surface area (Å²) >= 11 is 0. The van der Waals surface area contributed by atoms with Gasteiger partial charge in [-0.05, 0) is 49.2 Å². The molecule has 2 N–H and O–H groups in total. The number of aromatic amines is 1. The van der Waals surface area contributed by atoms with Crippen molar-refractivity contribution in [3.8, 4) is 5.75 Å². The van der Waals surface area contributed by atoms with Crippen LogP contribution in [0.25, 0.3) is 11.2 Å². The zero-order chi connectivity index (χ0) is 22.7. The number of hydrogen-bond donors (Lipinski definition) is 2. The van der Waals surface area contributed by atoms with Crippen molar-refractivity contribution in [1.29, 1.82) is 0 Å². The molecule has 0 saturated heterocycles. The fraction of sp³-hybridized carbons (Fsp3) is 0.217. The summed E-state index contributed by atoms with van der Waals surface area (Å²) in [5.41, 5.74) is 5.46. The summed E-state index contributed by atoms with van der Waals surface area (Å²) in [5, 5.41) is 4.29. The molecule has 0 unspecified atom stereocenters. The third-order valence-corrected chi connectivity index (χ3v) is 5.00. The summed E-state index contributed by atoms with van der Waals surface area (Å²) in [6.07, 6.45) is 1.65. The Hall–Kier alpha value is -4.14. The molecule has 164 valence electrons. The number of nitrogens with zero attached hydrogens (tertiary/aromatic N) is 4. The summed E-state index contributed by atoms with van der Waals surface area (Å²) in [4.78, 5) is 31.5. The minimum atomic E-state index is -0.521. The van der Waals surface area contributed by atoms with Crippen molar-refractivity contribution in [1.82, 2.24) is 19.1 Å². The first kappa shape index (κ1) is 21.1. The molecule has 2 heterocycles. The van der Waals surface area contributed by atoms with Crippen LogP contribution in [0.5, 0.6) is 5.75 Å². The highest BCUT2D eigenvalue weighted by molar-refractivity contribution is 5.80. The van der Waals surface area contributed by atoms with E-state index in [2.05, 4.69) is 20.5 Å². The molecule has 0 amide bonds. The Labute approximate surface area is 184 Å². The zero-order valence-corrected chi connectivity index (χ0v) is 18.1. The van der Waals surface area contributed by atoms with E-state index in [0.717, 1.165) is 22.4 Å². The van der Waals surface area contributed by atoms with E-state index >= 15 is 0 Å². The Balaban J connectivity index is 1.71. The van der Waals surface area contributed by atoms with Crippen LogP contribution in [-0.2, 0) is 13.6 Å². The first-order valence-electron chi connectivity index (χ1n) is 10.2. The number of nitrogens with one attached hydrogen (secondary N) is 2. The molecule has 0 aliphatic rings. The molecule has 0 saturated carbocycles. The molecule has 32 heavy (non-hydrogen) atoms. The second kappa shape index (κ2) is 8.93. The molecular formula is C23H24N6O3. The molecular weight excluding hydrogens is 408 g/mol. The predicted octanol–water partition coefficient (Wildman–Crippen LogP) is 2.62. The number of anilines is 1. The van der Waals surface area contributed by atoms with Gasteiger partial charge in [-0.3, -0.25) is 18.9 Å². The van der Waals surface area contributed by atoms with Crippen LogP contribution in [-0.4, -0.2) is 31.9 Å². The zero-order valence-electron chi connectivity index (χ0n) is 18.1. The normalized spacial score (nSPS) is 11.3. The van der Waals surface area contributed by atoms with E-state index < -0.39 is 11.2 Å². The average Bonchev–Trinajstić information content (AvgIpc) is 3.12. The molecule has 0 fully saturated rings. The standard InChI is InChI=1S/C23H24N6O3/c1-4-32-18-10-8-16(9-11-18)13-24-27-22-25-20-19(21(30)26-23(31)28(20)3)29(22)14-17-7-5-6-15(2)12-17/h5-13H,4,14H2,1-3H3,(H,25,27)(H,26,30,31). The van der Waals surface area contributed by atoms with Crippen LogP contribution in [0.1, 0.15) is 23.6 Å². The van der Waals surface area contributed by atoms with E-state index in [1.54, 1.807) is 17.8 Å². The molecule has 0 radical (unpaired) electrons. The molecule has 4 aromatic rings. The van der Waals surface area contributed by atoms with Crippen LogP contribution in [0.15, 0.2) is 63.2 Å². The fourth-order valence-corrected chi connectivity index (χ4v) is 3.45. The number of rotatable bonds is 7. The van der Waals surface area contributed by atoms with Crippen LogP contribution in [0, 0.1) is 6.92 Å². The Morgan fingerprint density at radius 3 is 2.69 bits per heavy atom. The average molecular weight is 432 g/mol. The quantitative estimate of drug-likeness (QED) is 0.345. The number of aryl methyl sites for hydroxylation is 2. The lowest BCUT2D eigenvalue weighted by Crippen LogP contribution is -2.29. The van der Waals surface area contributed by atoms with Crippen molar-refractivity contribution in [2.75, 3.05) is 12.0 Å². The molecule has 0 aliphatic carbocycles. The van der Waals surface area contributed by atoms with E-state index in [4.69, 9.17) is 4.74 Å². The number of aromatic nitrogens is 4. The van der Waals surface area contributed by atoms with Crippen LogP contribution in [0.4, 0.5) is 5.95 Å². The van der Waals surface area contributed by atoms with Crippen molar-refractivity contribution in [2.24, 2.45) is 12.1 Å². The van der Waals surface area contributed by atoms with E-state index in [1.165, 1.54) is 4.57 Å². The fourth-order valence-electron chi connectivity index (χ4n) is 3.45. The molecule has 0 aliphatic heterocycles. The summed E-state index contributed by atoms with van der Waals surface area (Å²) in [6.45, 7) is 4.93. The third kappa shape index (κ3) is 4.31. The van der Waals surface area contributed by atoms with Gasteiger partial charge in [0, 0.05) is 7.05 Å². The number of ether oxygens (including phenoxy) is 1. The maximum atomic E-state index is 12.6. The maximum absolute atomic E-state index is 12.6. The minimum Gasteiger partial charge on any atom is -0.494 e. The molecule has 0 spiro atoms. The van der Waals surface area contributed by atoms with Gasteiger partial charge in [-0.2, -0.15) is 10.1 Å². The molecule has 9 nitrogen and oxygen atoms in total. The monoisotopic (exact) mass is 432 g/mol. The summed E-state index contributed by atoms with van der Waals surface area (Å²) < 4.78 is 8.48. The highest BCUT2D eigenvalue weighted by Gasteiger charge is 2.17. The van der Waals surface area contributed by atoms with Gasteiger partial charge in [0.05, 0.1) is 19.4 Å². The smallest absolute Gasteiger partial charge is 0.329 e. The van der Waals surface area contributed by atoms with Gasteiger partial charge < -0.3 is 4.74 Å². The lowest BCUT2D eigenvalue weighted by molar-refractivity contribution is 0.340. The van der Waals surface area contributed by atoms with Gasteiger partial charge >= 0.3 is 5.69 Å². The number of hydrazone groups is 1. The van der Waals surface area contributed by atoms with Crippen molar-refractivity contribution in [3.05, 3.63) is 86.1 Å². The highest BCUT2D eigenvalue weighted by Crippen LogP contribution is 2.18. The lowest BCUT2D eigenvalue weighted by Gasteiger charge is -2.09. The van der Waals surface area contributed by atoms with E-state index in [0.29, 0.717) is 24.6 Å².